The third kappa shape index (κ3) is 3.59. The van der Waals surface area contributed by atoms with Crippen LogP contribution in [0.25, 0.3) is 0 Å². The van der Waals surface area contributed by atoms with Crippen LogP contribution >= 0.6 is 0 Å². The summed E-state index contributed by atoms with van der Waals surface area (Å²) in [5.41, 5.74) is 0.946. The van der Waals surface area contributed by atoms with Gasteiger partial charge >= 0.3 is 6.03 Å². The number of rotatable bonds is 6. The topological polar surface area (TPSA) is 98.4 Å². The number of hydrogen-bond donors (Lipinski definition) is 2. The van der Waals surface area contributed by atoms with Crippen LogP contribution in [0, 0.1) is 0 Å². The van der Waals surface area contributed by atoms with E-state index < -0.39 is 0 Å². The predicted molar refractivity (Wildman–Crippen MR) is 75.6 cm³/mol. The molecule has 1 aromatic heterocycles. The Morgan fingerprint density at radius 2 is 2.24 bits per heavy atom. The number of aromatic nitrogens is 2. The minimum absolute atomic E-state index is 0.109. The number of anilines is 1. The lowest BCUT2D eigenvalue weighted by molar-refractivity contribution is -0.125. The van der Waals surface area contributed by atoms with E-state index in [1.165, 1.54) is 9.80 Å². The van der Waals surface area contributed by atoms with Crippen LogP contribution in [-0.2, 0) is 16.0 Å². The first-order valence-electron chi connectivity index (χ1n) is 6.91. The van der Waals surface area contributed by atoms with E-state index in [0.29, 0.717) is 12.2 Å². The molecule has 2 rings (SSSR count). The molecule has 0 unspecified atom stereocenters. The molecule has 2 N–H and O–H groups in total. The number of aryl methyl sites for hydroxylation is 1. The first-order valence-corrected chi connectivity index (χ1v) is 6.91. The maximum absolute atomic E-state index is 11.7. The molecule has 4 amide bonds. The largest absolute Gasteiger partial charge is 0.326 e. The molecule has 1 aliphatic heterocycles. The Morgan fingerprint density at radius 3 is 2.81 bits per heavy atom. The third-order valence-corrected chi connectivity index (χ3v) is 3.30. The number of carbonyl (C=O) groups is 3. The standard InChI is InChI=1S/C13H19N5O3/c1-3-9-7-10(16-15-9)14-11(19)5-4-6-18-12(20)8-17(2)13(18)21/h7H,3-6,8H2,1-2H3,(H2,14,15,16,19). The number of imide groups is 1. The Bertz CT molecular complexity index is 554. The van der Waals surface area contributed by atoms with E-state index in [1.54, 1.807) is 13.1 Å². The number of nitrogens with zero attached hydrogens (tertiary/aromatic N) is 3. The third-order valence-electron chi connectivity index (χ3n) is 3.30. The van der Waals surface area contributed by atoms with E-state index >= 15 is 0 Å². The number of amides is 4. The van der Waals surface area contributed by atoms with Crippen LogP contribution in [0.3, 0.4) is 0 Å². The van der Waals surface area contributed by atoms with Gasteiger partial charge in [0.2, 0.25) is 11.8 Å². The summed E-state index contributed by atoms with van der Waals surface area (Å²) >= 11 is 0. The number of aromatic amines is 1. The van der Waals surface area contributed by atoms with Gasteiger partial charge in [-0.15, -0.1) is 0 Å². The lowest BCUT2D eigenvalue weighted by Gasteiger charge is -2.13. The molecule has 0 aliphatic carbocycles. The molecule has 1 aromatic rings. The average Bonchev–Trinajstić information content (AvgIpc) is 2.98. The molecule has 0 saturated carbocycles. The van der Waals surface area contributed by atoms with E-state index in [0.717, 1.165) is 12.1 Å². The van der Waals surface area contributed by atoms with Crippen molar-refractivity contribution in [3.63, 3.8) is 0 Å². The fourth-order valence-corrected chi connectivity index (χ4v) is 2.10. The van der Waals surface area contributed by atoms with Crippen LogP contribution in [0.4, 0.5) is 10.6 Å². The van der Waals surface area contributed by atoms with Crippen LogP contribution in [0.15, 0.2) is 6.07 Å². The SMILES string of the molecule is CCc1cc(NC(=O)CCCN2C(=O)CN(C)C2=O)n[nH]1. The highest BCUT2D eigenvalue weighted by Gasteiger charge is 2.32. The molecular weight excluding hydrogens is 274 g/mol. The van der Waals surface area contributed by atoms with Crippen molar-refractivity contribution in [2.45, 2.75) is 26.2 Å². The Morgan fingerprint density at radius 1 is 1.48 bits per heavy atom. The van der Waals surface area contributed by atoms with Crippen LogP contribution in [0.5, 0.6) is 0 Å². The zero-order valence-corrected chi connectivity index (χ0v) is 12.2. The number of H-pyrrole nitrogens is 1. The van der Waals surface area contributed by atoms with Crippen LogP contribution in [-0.4, -0.2) is 58.0 Å². The molecule has 8 heteroatoms. The zero-order valence-electron chi connectivity index (χ0n) is 12.2. The number of urea groups is 1. The van der Waals surface area contributed by atoms with E-state index in [-0.39, 0.29) is 37.4 Å². The van der Waals surface area contributed by atoms with Crippen molar-refractivity contribution in [3.8, 4) is 0 Å². The molecule has 0 radical (unpaired) electrons. The van der Waals surface area contributed by atoms with Crippen molar-refractivity contribution >= 4 is 23.7 Å². The van der Waals surface area contributed by atoms with Crippen LogP contribution in [0.2, 0.25) is 0 Å². The van der Waals surface area contributed by atoms with Crippen LogP contribution in [0.1, 0.15) is 25.5 Å². The minimum Gasteiger partial charge on any atom is -0.318 e. The molecule has 0 aromatic carbocycles. The highest BCUT2D eigenvalue weighted by atomic mass is 16.2. The smallest absolute Gasteiger partial charge is 0.318 e. The second-order valence-electron chi connectivity index (χ2n) is 4.97. The molecule has 1 aliphatic rings. The molecular formula is C13H19N5O3. The summed E-state index contributed by atoms with van der Waals surface area (Å²) in [7, 11) is 1.58. The van der Waals surface area contributed by atoms with Crippen molar-refractivity contribution in [1.82, 2.24) is 20.0 Å². The van der Waals surface area contributed by atoms with Gasteiger partial charge in [0, 0.05) is 31.8 Å². The molecule has 2 heterocycles. The predicted octanol–water partition coefficient (Wildman–Crippen LogP) is 0.585. The number of nitrogens with one attached hydrogen (secondary N) is 2. The van der Waals surface area contributed by atoms with Crippen molar-refractivity contribution < 1.29 is 14.4 Å². The lowest BCUT2D eigenvalue weighted by atomic mass is 10.2. The molecule has 0 bridgehead atoms. The van der Waals surface area contributed by atoms with Gasteiger partial charge in [0.15, 0.2) is 5.82 Å². The van der Waals surface area contributed by atoms with E-state index in [2.05, 4.69) is 15.5 Å². The monoisotopic (exact) mass is 293 g/mol. The van der Waals surface area contributed by atoms with Crippen molar-refractivity contribution in [2.24, 2.45) is 0 Å². The molecule has 1 fully saturated rings. The molecule has 0 spiro atoms. The summed E-state index contributed by atoms with van der Waals surface area (Å²) in [5, 5.41) is 9.45. The second-order valence-corrected chi connectivity index (χ2v) is 4.97. The van der Waals surface area contributed by atoms with Gasteiger partial charge in [-0.3, -0.25) is 19.6 Å². The molecule has 8 nitrogen and oxygen atoms in total. The number of carbonyl (C=O) groups excluding carboxylic acids is 3. The molecule has 0 atom stereocenters. The van der Waals surface area contributed by atoms with Gasteiger partial charge in [0.1, 0.15) is 6.54 Å². The highest BCUT2D eigenvalue weighted by molar-refractivity contribution is 6.01. The summed E-state index contributed by atoms with van der Waals surface area (Å²) in [6.45, 7) is 2.36. The summed E-state index contributed by atoms with van der Waals surface area (Å²) in [5.74, 6) is 0.0873. The van der Waals surface area contributed by atoms with Gasteiger partial charge in [-0.05, 0) is 12.8 Å². The lowest BCUT2D eigenvalue weighted by Crippen LogP contribution is -2.32. The Labute approximate surface area is 122 Å². The van der Waals surface area contributed by atoms with Gasteiger partial charge in [-0.25, -0.2) is 4.79 Å². The highest BCUT2D eigenvalue weighted by Crippen LogP contribution is 2.10. The number of likely N-dealkylation sites (N-methyl/N-ethyl adjacent to an activating group) is 1. The minimum atomic E-state index is -0.305. The molecule has 21 heavy (non-hydrogen) atoms. The summed E-state index contributed by atoms with van der Waals surface area (Å²) in [6, 6.07) is 1.47. The fraction of sp³-hybridized carbons (Fsp3) is 0.538. The Hall–Kier alpha value is -2.38. The summed E-state index contributed by atoms with van der Waals surface area (Å²) in [6.07, 6.45) is 1.48. The molecule has 114 valence electrons. The van der Waals surface area contributed by atoms with Crippen LogP contribution < -0.4 is 5.32 Å². The first kappa shape index (κ1) is 15.0. The second kappa shape index (κ2) is 6.38. The van der Waals surface area contributed by atoms with Gasteiger partial charge in [-0.2, -0.15) is 5.10 Å². The Balaban J connectivity index is 1.74. The summed E-state index contributed by atoms with van der Waals surface area (Å²) in [4.78, 5) is 37.5. The summed E-state index contributed by atoms with van der Waals surface area (Å²) < 4.78 is 0. The maximum Gasteiger partial charge on any atom is 0.326 e. The van der Waals surface area contributed by atoms with Crippen molar-refractivity contribution in [2.75, 3.05) is 25.5 Å². The molecule has 1 saturated heterocycles. The maximum atomic E-state index is 11.7. The normalized spacial score (nSPS) is 15.0. The number of hydrogen-bond acceptors (Lipinski definition) is 4. The quantitative estimate of drug-likeness (QED) is 0.750. The van der Waals surface area contributed by atoms with Gasteiger partial charge in [0.25, 0.3) is 0 Å². The van der Waals surface area contributed by atoms with Crippen molar-refractivity contribution in [3.05, 3.63) is 11.8 Å². The first-order chi connectivity index (χ1) is 10.0. The van der Waals surface area contributed by atoms with Gasteiger partial charge in [-0.1, -0.05) is 6.92 Å². The van der Waals surface area contributed by atoms with Gasteiger partial charge in [0.05, 0.1) is 0 Å². The van der Waals surface area contributed by atoms with E-state index in [9.17, 15) is 14.4 Å². The van der Waals surface area contributed by atoms with Gasteiger partial charge < -0.3 is 10.2 Å². The van der Waals surface area contributed by atoms with E-state index in [1.807, 2.05) is 6.92 Å². The average molecular weight is 293 g/mol. The van der Waals surface area contributed by atoms with Crippen molar-refractivity contribution in [1.29, 1.82) is 0 Å². The fourth-order valence-electron chi connectivity index (χ4n) is 2.10. The zero-order chi connectivity index (χ0) is 15.4. The Kier molecular flexibility index (Phi) is 4.56. The van der Waals surface area contributed by atoms with E-state index in [4.69, 9.17) is 0 Å².